The lowest BCUT2D eigenvalue weighted by Crippen LogP contribution is -2.21. The van der Waals surface area contributed by atoms with Gasteiger partial charge in [0.2, 0.25) is 0 Å². The van der Waals surface area contributed by atoms with Crippen molar-refractivity contribution in [3.05, 3.63) is 21.8 Å². The van der Waals surface area contributed by atoms with E-state index >= 15 is 0 Å². The van der Waals surface area contributed by atoms with Crippen LogP contribution in [0.3, 0.4) is 0 Å². The lowest BCUT2D eigenvalue weighted by Gasteiger charge is -2.08. The summed E-state index contributed by atoms with van der Waals surface area (Å²) in [5.41, 5.74) is 0. The van der Waals surface area contributed by atoms with E-state index in [2.05, 4.69) is 0 Å². The first-order valence-corrected chi connectivity index (χ1v) is 4.57. The highest BCUT2D eigenvalue weighted by atomic mass is 127. The Bertz CT molecular complexity index is 292. The summed E-state index contributed by atoms with van der Waals surface area (Å²) >= 11 is 2.02. The highest BCUT2D eigenvalue weighted by molar-refractivity contribution is 14.1. The zero-order chi connectivity index (χ0) is 9.84. The first-order valence-electron chi connectivity index (χ1n) is 3.50. The summed E-state index contributed by atoms with van der Waals surface area (Å²) in [4.78, 5) is 0. The fourth-order valence-electron chi connectivity index (χ4n) is 0.815. The fraction of sp³-hybridized carbons (Fsp3) is 0.143. The molecule has 0 saturated heterocycles. The van der Waals surface area contributed by atoms with E-state index in [1.54, 1.807) is 18.2 Å². The monoisotopic (exact) mass is 294 g/mol. The molecule has 0 amide bonds. The molecule has 2 N–H and O–H groups in total. The summed E-state index contributed by atoms with van der Waals surface area (Å²) < 4.78 is 10.4. The van der Waals surface area contributed by atoms with Crippen molar-refractivity contribution in [1.29, 1.82) is 0 Å². The van der Waals surface area contributed by atoms with Crippen LogP contribution in [0.2, 0.25) is 0 Å². The number of halogens is 1. The highest BCUT2D eigenvalue weighted by Crippen LogP contribution is 2.25. The maximum absolute atomic E-state index is 8.58. The molecule has 0 aromatic heterocycles. The van der Waals surface area contributed by atoms with Crippen molar-refractivity contribution in [3.8, 4) is 11.5 Å². The highest BCUT2D eigenvalue weighted by Gasteiger charge is 2.13. The van der Waals surface area contributed by atoms with Crippen LogP contribution in [0.5, 0.6) is 11.5 Å². The predicted octanol–water partition coefficient (Wildman–Crippen LogP) is 0.648. The topological polar surface area (TPSA) is 58.9 Å². The van der Waals surface area contributed by atoms with Crippen molar-refractivity contribution in [2.24, 2.45) is 0 Å². The quantitative estimate of drug-likeness (QED) is 0.635. The summed E-state index contributed by atoms with van der Waals surface area (Å²) in [5, 5.41) is 17.2. The van der Waals surface area contributed by atoms with E-state index in [4.69, 9.17) is 19.4 Å². The fourth-order valence-corrected chi connectivity index (χ4v) is 1.28. The molecule has 1 rings (SSSR count). The van der Waals surface area contributed by atoms with Crippen molar-refractivity contribution in [2.75, 3.05) is 7.11 Å². The van der Waals surface area contributed by atoms with Crippen molar-refractivity contribution in [1.82, 2.24) is 0 Å². The van der Waals surface area contributed by atoms with Gasteiger partial charge >= 0.3 is 7.32 Å². The molecule has 0 aliphatic heterocycles. The third kappa shape index (κ3) is 3.05. The standard InChI is InChI=1S/C7H8BIO4/c1-12-5-2-3-6(9)7(4-5)13-8(10)11/h2-4,10-11H,1H3. The Morgan fingerprint density at radius 3 is 2.62 bits per heavy atom. The summed E-state index contributed by atoms with van der Waals surface area (Å²) in [6, 6.07) is 5.11. The van der Waals surface area contributed by atoms with Gasteiger partial charge in [0.15, 0.2) is 0 Å². The van der Waals surface area contributed by atoms with Crippen LogP contribution >= 0.6 is 22.6 Å². The molecule has 0 bridgehead atoms. The zero-order valence-corrected chi connectivity index (χ0v) is 9.06. The second kappa shape index (κ2) is 4.68. The van der Waals surface area contributed by atoms with Crippen LogP contribution in [0.1, 0.15) is 0 Å². The van der Waals surface area contributed by atoms with E-state index < -0.39 is 7.32 Å². The van der Waals surface area contributed by atoms with Crippen LogP contribution in [0, 0.1) is 3.57 Å². The predicted molar refractivity (Wildman–Crippen MR) is 56.5 cm³/mol. The number of rotatable bonds is 3. The van der Waals surface area contributed by atoms with Crippen molar-refractivity contribution < 1.29 is 19.4 Å². The van der Waals surface area contributed by atoms with Crippen LogP contribution in [0.4, 0.5) is 0 Å². The van der Waals surface area contributed by atoms with Crippen molar-refractivity contribution in [3.63, 3.8) is 0 Å². The third-order valence-electron chi connectivity index (χ3n) is 1.37. The van der Waals surface area contributed by atoms with Gasteiger partial charge in [-0.15, -0.1) is 0 Å². The first kappa shape index (κ1) is 10.6. The molecule has 70 valence electrons. The number of hydrogen-bond acceptors (Lipinski definition) is 4. The maximum atomic E-state index is 8.58. The average molecular weight is 294 g/mol. The summed E-state index contributed by atoms with van der Waals surface area (Å²) in [5.74, 6) is 0.992. The van der Waals surface area contributed by atoms with Gasteiger partial charge in [0.05, 0.1) is 10.7 Å². The van der Waals surface area contributed by atoms with Crippen LogP contribution in [0.25, 0.3) is 0 Å². The summed E-state index contributed by atoms with van der Waals surface area (Å²) in [6.07, 6.45) is 0. The molecule has 1 aromatic carbocycles. The van der Waals surface area contributed by atoms with Gasteiger partial charge in [-0.25, -0.2) is 0 Å². The first-order chi connectivity index (χ1) is 6.13. The van der Waals surface area contributed by atoms with Crippen molar-refractivity contribution >= 4 is 29.9 Å². The smallest absolute Gasteiger partial charge is 0.511 e. The Hall–Kier alpha value is -0.465. The Balaban J connectivity index is 2.90. The van der Waals surface area contributed by atoms with E-state index in [9.17, 15) is 0 Å². The van der Waals surface area contributed by atoms with Crippen LogP contribution in [-0.4, -0.2) is 24.5 Å². The van der Waals surface area contributed by atoms with Gasteiger partial charge in [0, 0.05) is 6.07 Å². The molecule has 0 saturated carbocycles. The molecule has 0 atom stereocenters. The van der Waals surface area contributed by atoms with Gasteiger partial charge in [-0.1, -0.05) is 0 Å². The molecule has 1 aromatic rings. The third-order valence-corrected chi connectivity index (χ3v) is 2.26. The molecule has 0 fully saturated rings. The van der Waals surface area contributed by atoms with Crippen LogP contribution in [0.15, 0.2) is 18.2 Å². The van der Waals surface area contributed by atoms with E-state index in [0.29, 0.717) is 11.5 Å². The Morgan fingerprint density at radius 1 is 1.38 bits per heavy atom. The average Bonchev–Trinajstić information content (AvgIpc) is 2.08. The molecule has 13 heavy (non-hydrogen) atoms. The van der Waals surface area contributed by atoms with Crippen LogP contribution in [-0.2, 0) is 0 Å². The Kier molecular flexibility index (Phi) is 3.82. The summed E-state index contributed by atoms with van der Waals surface area (Å²) in [7, 11) is -0.276. The van der Waals surface area contributed by atoms with Crippen LogP contribution < -0.4 is 9.39 Å². The minimum atomic E-state index is -1.80. The van der Waals surface area contributed by atoms with E-state index in [0.717, 1.165) is 3.57 Å². The normalized spacial score (nSPS) is 9.54. The van der Waals surface area contributed by atoms with E-state index in [1.807, 2.05) is 22.6 Å². The van der Waals surface area contributed by atoms with Gasteiger partial charge in [-0.05, 0) is 34.7 Å². The van der Waals surface area contributed by atoms with Gasteiger partial charge < -0.3 is 19.4 Å². The SMILES string of the molecule is COc1ccc(I)c(OB(O)O)c1. The maximum Gasteiger partial charge on any atom is 0.707 e. The second-order valence-electron chi connectivity index (χ2n) is 2.24. The molecule has 0 heterocycles. The van der Waals surface area contributed by atoms with Gasteiger partial charge in [-0.3, -0.25) is 0 Å². The molecule has 0 unspecified atom stereocenters. The molecular formula is C7H8BIO4. The van der Waals surface area contributed by atoms with E-state index in [1.165, 1.54) is 7.11 Å². The number of hydrogen-bond donors (Lipinski definition) is 2. The molecule has 0 aliphatic carbocycles. The Morgan fingerprint density at radius 2 is 2.08 bits per heavy atom. The molecule has 6 heteroatoms. The van der Waals surface area contributed by atoms with Gasteiger partial charge in [0.25, 0.3) is 0 Å². The molecule has 0 aliphatic rings. The molecule has 0 spiro atoms. The minimum absolute atomic E-state index is 0.384. The zero-order valence-electron chi connectivity index (χ0n) is 6.90. The molecule has 0 radical (unpaired) electrons. The number of methoxy groups -OCH3 is 1. The van der Waals surface area contributed by atoms with Crippen molar-refractivity contribution in [2.45, 2.75) is 0 Å². The minimum Gasteiger partial charge on any atom is -0.511 e. The molecule has 4 nitrogen and oxygen atoms in total. The van der Waals surface area contributed by atoms with Gasteiger partial charge in [0.1, 0.15) is 11.5 Å². The summed E-state index contributed by atoms with van der Waals surface area (Å²) in [6.45, 7) is 0. The number of benzene rings is 1. The van der Waals surface area contributed by atoms with Gasteiger partial charge in [-0.2, -0.15) is 0 Å². The Labute approximate surface area is 89.8 Å². The lowest BCUT2D eigenvalue weighted by atomic mass is 10.2. The number of ether oxygens (including phenoxy) is 1. The van der Waals surface area contributed by atoms with E-state index in [-0.39, 0.29) is 0 Å². The molecular weight excluding hydrogens is 286 g/mol. The second-order valence-corrected chi connectivity index (χ2v) is 3.40. The lowest BCUT2D eigenvalue weighted by molar-refractivity contribution is 0.286. The largest absolute Gasteiger partial charge is 0.707 e.